The maximum absolute atomic E-state index is 13.0. The number of benzene rings is 2. The van der Waals surface area contributed by atoms with E-state index in [1.54, 1.807) is 12.1 Å². The summed E-state index contributed by atoms with van der Waals surface area (Å²) in [5.41, 5.74) is 2.08. The molecule has 4 nitrogen and oxygen atoms in total. The van der Waals surface area contributed by atoms with Crippen LogP contribution in [0.5, 0.6) is 0 Å². The highest BCUT2D eigenvalue weighted by molar-refractivity contribution is 7.88. The fourth-order valence-corrected chi connectivity index (χ4v) is 4.90. The Morgan fingerprint density at radius 1 is 1.12 bits per heavy atom. The van der Waals surface area contributed by atoms with Gasteiger partial charge < -0.3 is 0 Å². The zero-order chi connectivity index (χ0) is 18.0. The molecule has 1 aliphatic rings. The van der Waals surface area contributed by atoms with Gasteiger partial charge in [0.1, 0.15) is 5.82 Å². The molecule has 1 atom stereocenters. The van der Waals surface area contributed by atoms with Crippen molar-refractivity contribution in [1.29, 1.82) is 0 Å². The quantitative estimate of drug-likeness (QED) is 0.768. The van der Waals surface area contributed by atoms with Gasteiger partial charge in [0, 0.05) is 12.1 Å². The van der Waals surface area contributed by atoms with Gasteiger partial charge in [0.15, 0.2) is 5.78 Å². The van der Waals surface area contributed by atoms with E-state index in [1.165, 1.54) is 28.6 Å². The summed E-state index contributed by atoms with van der Waals surface area (Å²) < 4.78 is 39.8. The Morgan fingerprint density at radius 2 is 1.76 bits per heavy atom. The van der Waals surface area contributed by atoms with Crippen molar-refractivity contribution in [2.24, 2.45) is 0 Å². The largest absolute Gasteiger partial charge is 0.292 e. The summed E-state index contributed by atoms with van der Waals surface area (Å²) in [7, 11) is -3.65. The molecular formula is C19H20FNO3S. The molecule has 1 heterocycles. The summed E-state index contributed by atoms with van der Waals surface area (Å²) in [6, 6.07) is 11.9. The summed E-state index contributed by atoms with van der Waals surface area (Å²) in [4.78, 5) is 12.8. The van der Waals surface area contributed by atoms with Gasteiger partial charge in [-0.15, -0.1) is 0 Å². The molecule has 0 amide bonds. The van der Waals surface area contributed by atoms with E-state index >= 15 is 0 Å². The molecule has 1 aliphatic heterocycles. The molecule has 6 heteroatoms. The average Bonchev–Trinajstić information content (AvgIpc) is 3.07. The molecule has 0 spiro atoms. The van der Waals surface area contributed by atoms with Crippen LogP contribution in [-0.2, 0) is 15.8 Å². The minimum absolute atomic E-state index is 0.166. The third-order valence-electron chi connectivity index (χ3n) is 4.46. The lowest BCUT2D eigenvalue weighted by atomic mass is 10.0. The zero-order valence-corrected chi connectivity index (χ0v) is 14.8. The van der Waals surface area contributed by atoms with Crippen molar-refractivity contribution in [3.63, 3.8) is 0 Å². The number of hydrogen-bond donors (Lipinski definition) is 0. The predicted molar refractivity (Wildman–Crippen MR) is 94.3 cm³/mol. The number of sulfonamides is 1. The van der Waals surface area contributed by atoms with Crippen molar-refractivity contribution >= 4 is 15.8 Å². The lowest BCUT2D eigenvalue weighted by Gasteiger charge is -2.23. The van der Waals surface area contributed by atoms with Crippen LogP contribution in [-0.4, -0.2) is 31.1 Å². The zero-order valence-electron chi connectivity index (χ0n) is 14.0. The van der Waals surface area contributed by atoms with Crippen molar-refractivity contribution in [2.75, 3.05) is 6.54 Å². The molecule has 1 unspecified atom stereocenters. The fourth-order valence-electron chi connectivity index (χ4n) is 3.12. The Bertz CT molecular complexity index is 861. The Kier molecular flexibility index (Phi) is 5.01. The second kappa shape index (κ2) is 7.06. The Balaban J connectivity index is 1.81. The van der Waals surface area contributed by atoms with E-state index in [0.29, 0.717) is 30.5 Å². The van der Waals surface area contributed by atoms with Crippen molar-refractivity contribution in [3.05, 3.63) is 71.0 Å². The van der Waals surface area contributed by atoms with Crippen LogP contribution in [0.4, 0.5) is 4.39 Å². The lowest BCUT2D eigenvalue weighted by molar-refractivity contribution is 0.0918. The minimum atomic E-state index is -3.65. The molecule has 132 valence electrons. The van der Waals surface area contributed by atoms with Crippen LogP contribution in [0.15, 0.2) is 48.5 Å². The second-order valence-corrected chi connectivity index (χ2v) is 8.30. The number of nitrogens with zero attached hydrogens (tertiary/aromatic N) is 1. The van der Waals surface area contributed by atoms with Gasteiger partial charge in [0.2, 0.25) is 10.0 Å². The number of Topliss-reactive ketones (excluding diaryl/α,β-unsaturated/α-hetero) is 1. The second-order valence-electron chi connectivity index (χ2n) is 6.38. The van der Waals surface area contributed by atoms with Crippen molar-refractivity contribution < 1.29 is 17.6 Å². The van der Waals surface area contributed by atoms with Crippen LogP contribution in [0.2, 0.25) is 0 Å². The van der Waals surface area contributed by atoms with E-state index in [-0.39, 0.29) is 11.5 Å². The number of carbonyl (C=O) groups is 1. The SMILES string of the molecule is Cc1ccc(C(=O)C2CCCN2S(=O)(=O)Cc2ccc(F)cc2)cc1. The first-order chi connectivity index (χ1) is 11.9. The van der Waals surface area contributed by atoms with Crippen LogP contribution in [0, 0.1) is 12.7 Å². The standard InChI is InChI=1S/C19H20FNO3S/c1-14-4-8-16(9-5-14)19(22)18-3-2-12-21(18)25(23,24)13-15-6-10-17(20)11-7-15/h4-11,18H,2-3,12-13H2,1H3. The molecule has 0 aliphatic carbocycles. The monoisotopic (exact) mass is 361 g/mol. The smallest absolute Gasteiger partial charge is 0.218 e. The fraction of sp³-hybridized carbons (Fsp3) is 0.316. The summed E-state index contributed by atoms with van der Waals surface area (Å²) in [6.07, 6.45) is 1.18. The number of carbonyl (C=O) groups excluding carboxylic acids is 1. The predicted octanol–water partition coefficient (Wildman–Crippen LogP) is 3.31. The van der Waals surface area contributed by atoms with E-state index in [9.17, 15) is 17.6 Å². The highest BCUT2D eigenvalue weighted by Crippen LogP contribution is 2.26. The summed E-state index contributed by atoms with van der Waals surface area (Å²) in [5.74, 6) is -0.805. The molecule has 0 radical (unpaired) electrons. The highest BCUT2D eigenvalue weighted by atomic mass is 32.2. The number of ketones is 1. The van der Waals surface area contributed by atoms with Crippen LogP contribution >= 0.6 is 0 Å². The first-order valence-corrected chi connectivity index (χ1v) is 9.82. The van der Waals surface area contributed by atoms with Gasteiger partial charge in [-0.25, -0.2) is 12.8 Å². The molecule has 2 aromatic carbocycles. The van der Waals surface area contributed by atoms with E-state index in [4.69, 9.17) is 0 Å². The van der Waals surface area contributed by atoms with Gasteiger partial charge in [-0.05, 0) is 37.5 Å². The van der Waals surface area contributed by atoms with Gasteiger partial charge in [0.05, 0.1) is 11.8 Å². The number of rotatable bonds is 5. The number of aryl methyl sites for hydroxylation is 1. The summed E-state index contributed by atoms with van der Waals surface area (Å²) in [5, 5.41) is 0. The van der Waals surface area contributed by atoms with Gasteiger partial charge >= 0.3 is 0 Å². The van der Waals surface area contributed by atoms with Gasteiger partial charge in [0.25, 0.3) is 0 Å². The maximum atomic E-state index is 13.0. The average molecular weight is 361 g/mol. The van der Waals surface area contributed by atoms with Crippen LogP contribution in [0.3, 0.4) is 0 Å². The number of hydrogen-bond acceptors (Lipinski definition) is 3. The number of halogens is 1. The van der Waals surface area contributed by atoms with E-state index < -0.39 is 21.9 Å². The molecule has 0 aromatic heterocycles. The Labute approximate surface area is 147 Å². The molecule has 0 saturated carbocycles. The molecule has 0 N–H and O–H groups in total. The highest BCUT2D eigenvalue weighted by Gasteiger charge is 2.38. The van der Waals surface area contributed by atoms with Gasteiger partial charge in [-0.1, -0.05) is 42.0 Å². The van der Waals surface area contributed by atoms with E-state index in [0.717, 1.165) is 5.56 Å². The topological polar surface area (TPSA) is 54.5 Å². The Morgan fingerprint density at radius 3 is 2.40 bits per heavy atom. The molecule has 1 saturated heterocycles. The minimum Gasteiger partial charge on any atom is -0.292 e. The van der Waals surface area contributed by atoms with E-state index in [2.05, 4.69) is 0 Å². The lowest BCUT2D eigenvalue weighted by Crippen LogP contribution is -2.41. The third kappa shape index (κ3) is 3.96. The first-order valence-electron chi connectivity index (χ1n) is 8.22. The third-order valence-corrected chi connectivity index (χ3v) is 6.31. The maximum Gasteiger partial charge on any atom is 0.218 e. The molecule has 1 fully saturated rings. The molecule has 0 bridgehead atoms. The summed E-state index contributed by atoms with van der Waals surface area (Å²) in [6.45, 7) is 2.27. The molecule has 3 rings (SSSR count). The Hall–Kier alpha value is -2.05. The van der Waals surface area contributed by atoms with Gasteiger partial charge in [-0.3, -0.25) is 4.79 Å². The summed E-state index contributed by atoms with van der Waals surface area (Å²) >= 11 is 0. The van der Waals surface area contributed by atoms with E-state index in [1.807, 2.05) is 19.1 Å². The van der Waals surface area contributed by atoms with Crippen LogP contribution < -0.4 is 0 Å². The van der Waals surface area contributed by atoms with Gasteiger partial charge in [-0.2, -0.15) is 4.31 Å². The van der Waals surface area contributed by atoms with Crippen molar-refractivity contribution in [1.82, 2.24) is 4.31 Å². The first kappa shape index (κ1) is 17.8. The van der Waals surface area contributed by atoms with Crippen LogP contribution in [0.25, 0.3) is 0 Å². The van der Waals surface area contributed by atoms with Crippen molar-refractivity contribution in [2.45, 2.75) is 31.6 Å². The molecular weight excluding hydrogens is 341 g/mol. The van der Waals surface area contributed by atoms with Crippen LogP contribution in [0.1, 0.15) is 34.3 Å². The normalized spacial score (nSPS) is 18.4. The molecule has 2 aromatic rings. The molecule has 25 heavy (non-hydrogen) atoms. The van der Waals surface area contributed by atoms with Crippen molar-refractivity contribution in [3.8, 4) is 0 Å².